The Kier molecular flexibility index (Phi) is 5.37. The van der Waals surface area contributed by atoms with Crippen LogP contribution >= 0.6 is 0 Å². The van der Waals surface area contributed by atoms with E-state index in [2.05, 4.69) is 9.82 Å². The van der Waals surface area contributed by atoms with Crippen LogP contribution in [-0.4, -0.2) is 37.1 Å². The number of fused-ring (bicyclic) bond motifs is 1. The van der Waals surface area contributed by atoms with Gasteiger partial charge in [0.15, 0.2) is 5.69 Å². The Balaban J connectivity index is 2.10. The number of ether oxygens (including phenoxy) is 1. The summed E-state index contributed by atoms with van der Waals surface area (Å²) >= 11 is 0. The maximum atomic E-state index is 13.0. The first-order chi connectivity index (χ1) is 10.6. The molecule has 0 atom stereocenters. The van der Waals surface area contributed by atoms with Crippen molar-refractivity contribution in [2.45, 2.75) is 39.6 Å². The lowest BCUT2D eigenvalue weighted by molar-refractivity contribution is -0.142. The number of nitrogens with zero attached hydrogens (tertiary/aromatic N) is 2. The third-order valence-corrected chi connectivity index (χ3v) is 5.11. The van der Waals surface area contributed by atoms with Crippen molar-refractivity contribution in [1.29, 1.82) is 0 Å². The first-order valence-electron chi connectivity index (χ1n) is 7.31. The number of hydrogen-bond acceptors (Lipinski definition) is 4. The van der Waals surface area contributed by atoms with Gasteiger partial charge >= 0.3 is 6.18 Å². The summed E-state index contributed by atoms with van der Waals surface area (Å²) in [6.45, 7) is 3.81. The Labute approximate surface area is 133 Å². The van der Waals surface area contributed by atoms with Crippen molar-refractivity contribution >= 4 is 10.0 Å². The maximum absolute atomic E-state index is 13.0. The molecule has 1 aromatic rings. The molecule has 6 nitrogen and oxygen atoms in total. The van der Waals surface area contributed by atoms with Gasteiger partial charge in [0.1, 0.15) is 0 Å². The maximum Gasteiger partial charge on any atom is 0.435 e. The van der Waals surface area contributed by atoms with E-state index in [1.807, 2.05) is 0 Å². The van der Waals surface area contributed by atoms with E-state index in [1.165, 1.54) is 4.68 Å². The van der Waals surface area contributed by atoms with E-state index < -0.39 is 21.9 Å². The lowest BCUT2D eigenvalue weighted by Crippen LogP contribution is -2.32. The standard InChI is InChI=1S/C13H20F3N3O3S/c1-9(2)8-23(20,21)17-4-5-19-11-3-6-22-7-10(11)12(18-19)13(14,15)16/h9,17H,3-8H2,1-2H3. The average Bonchev–Trinajstić information content (AvgIpc) is 2.76. The van der Waals surface area contributed by atoms with Crippen molar-refractivity contribution in [3.05, 3.63) is 17.0 Å². The molecule has 0 saturated heterocycles. The van der Waals surface area contributed by atoms with Crippen molar-refractivity contribution in [1.82, 2.24) is 14.5 Å². The van der Waals surface area contributed by atoms with Crippen LogP contribution in [0.25, 0.3) is 0 Å². The van der Waals surface area contributed by atoms with Crippen molar-refractivity contribution in [2.24, 2.45) is 5.92 Å². The molecule has 132 valence electrons. The predicted octanol–water partition coefficient (Wildman–Crippen LogP) is 1.55. The van der Waals surface area contributed by atoms with E-state index in [0.29, 0.717) is 18.7 Å². The molecule has 2 heterocycles. The first-order valence-corrected chi connectivity index (χ1v) is 8.96. The summed E-state index contributed by atoms with van der Waals surface area (Å²) in [5.41, 5.74) is -0.433. The summed E-state index contributed by atoms with van der Waals surface area (Å²) in [7, 11) is -3.43. The van der Waals surface area contributed by atoms with E-state index in [1.54, 1.807) is 13.8 Å². The molecular weight excluding hydrogens is 335 g/mol. The van der Waals surface area contributed by atoms with Crippen LogP contribution in [0.1, 0.15) is 30.8 Å². The zero-order valence-electron chi connectivity index (χ0n) is 13.0. The number of nitrogens with one attached hydrogen (secondary N) is 1. The monoisotopic (exact) mass is 355 g/mol. The van der Waals surface area contributed by atoms with Gasteiger partial charge < -0.3 is 4.74 Å². The molecule has 0 radical (unpaired) electrons. The Morgan fingerprint density at radius 2 is 2.09 bits per heavy atom. The van der Waals surface area contributed by atoms with Crippen LogP contribution in [0.5, 0.6) is 0 Å². The molecular formula is C13H20F3N3O3S. The van der Waals surface area contributed by atoms with Gasteiger partial charge in [-0.05, 0) is 5.92 Å². The Hall–Kier alpha value is -1.13. The van der Waals surface area contributed by atoms with Crippen molar-refractivity contribution in [3.8, 4) is 0 Å². The van der Waals surface area contributed by atoms with Crippen LogP contribution in [0.4, 0.5) is 13.2 Å². The first kappa shape index (κ1) is 18.2. The van der Waals surface area contributed by atoms with Gasteiger partial charge in [0, 0.05) is 24.2 Å². The molecule has 1 aromatic heterocycles. The van der Waals surface area contributed by atoms with Crippen molar-refractivity contribution in [2.75, 3.05) is 18.9 Å². The minimum atomic E-state index is -4.55. The number of aromatic nitrogens is 2. The summed E-state index contributed by atoms with van der Waals surface area (Å²) in [6.07, 6.45) is -4.22. The Bertz CT molecular complexity index is 653. The van der Waals surface area contributed by atoms with E-state index in [9.17, 15) is 21.6 Å². The second-order valence-electron chi connectivity index (χ2n) is 5.87. The number of alkyl halides is 3. The van der Waals surface area contributed by atoms with Gasteiger partial charge in [0.25, 0.3) is 0 Å². The molecule has 0 bridgehead atoms. The van der Waals surface area contributed by atoms with Gasteiger partial charge in [-0.1, -0.05) is 13.8 Å². The fourth-order valence-corrected chi connectivity index (χ4v) is 3.92. The zero-order valence-corrected chi connectivity index (χ0v) is 13.8. The van der Waals surface area contributed by atoms with Gasteiger partial charge in [0.05, 0.1) is 25.5 Å². The molecule has 0 aliphatic carbocycles. The largest absolute Gasteiger partial charge is 0.435 e. The topological polar surface area (TPSA) is 73.2 Å². The smallest absolute Gasteiger partial charge is 0.376 e. The highest BCUT2D eigenvalue weighted by molar-refractivity contribution is 7.89. The normalized spacial score (nSPS) is 15.9. The molecule has 0 fully saturated rings. The molecule has 1 N–H and O–H groups in total. The molecule has 0 saturated carbocycles. The summed E-state index contributed by atoms with van der Waals surface area (Å²) in [4.78, 5) is 0. The molecule has 0 unspecified atom stereocenters. The van der Waals surface area contributed by atoms with Gasteiger partial charge in [-0.25, -0.2) is 13.1 Å². The molecule has 0 spiro atoms. The van der Waals surface area contributed by atoms with Crippen molar-refractivity contribution in [3.63, 3.8) is 0 Å². The van der Waals surface area contributed by atoms with Gasteiger partial charge in [0.2, 0.25) is 10.0 Å². The third kappa shape index (κ3) is 4.67. The highest BCUT2D eigenvalue weighted by Crippen LogP contribution is 2.34. The van der Waals surface area contributed by atoms with Crippen LogP contribution in [0.2, 0.25) is 0 Å². The van der Waals surface area contributed by atoms with Gasteiger partial charge in [-0.15, -0.1) is 0 Å². The second kappa shape index (κ2) is 6.78. The molecule has 10 heteroatoms. The zero-order chi connectivity index (χ0) is 17.3. The fraction of sp³-hybridized carbons (Fsp3) is 0.769. The Morgan fingerprint density at radius 1 is 1.39 bits per heavy atom. The molecule has 0 aromatic carbocycles. The second-order valence-corrected chi connectivity index (χ2v) is 7.72. The quantitative estimate of drug-likeness (QED) is 0.840. The summed E-state index contributed by atoms with van der Waals surface area (Å²) in [5, 5.41) is 3.62. The lowest BCUT2D eigenvalue weighted by Gasteiger charge is -2.15. The van der Waals surface area contributed by atoms with Crippen LogP contribution in [0.3, 0.4) is 0 Å². The fourth-order valence-electron chi connectivity index (χ4n) is 2.53. The third-order valence-electron chi connectivity index (χ3n) is 3.36. The van der Waals surface area contributed by atoms with Crippen LogP contribution in [0, 0.1) is 5.92 Å². The number of rotatable bonds is 6. The minimum Gasteiger partial charge on any atom is -0.376 e. The number of halogens is 3. The van der Waals surface area contributed by atoms with Crippen LogP contribution < -0.4 is 4.72 Å². The van der Waals surface area contributed by atoms with E-state index >= 15 is 0 Å². The summed E-state index contributed by atoms with van der Waals surface area (Å²) in [6, 6.07) is 0. The van der Waals surface area contributed by atoms with Gasteiger partial charge in [-0.3, -0.25) is 4.68 Å². The SMILES string of the molecule is CC(C)CS(=O)(=O)NCCn1nc(C(F)(F)F)c2c1CCOC2. The van der Waals surface area contributed by atoms with Crippen molar-refractivity contribution < 1.29 is 26.3 Å². The van der Waals surface area contributed by atoms with Gasteiger partial charge in [-0.2, -0.15) is 18.3 Å². The molecule has 1 aliphatic heterocycles. The van der Waals surface area contributed by atoms with E-state index in [-0.39, 0.29) is 36.9 Å². The highest BCUT2D eigenvalue weighted by atomic mass is 32.2. The number of hydrogen-bond donors (Lipinski definition) is 1. The molecule has 2 rings (SSSR count). The molecule has 23 heavy (non-hydrogen) atoms. The average molecular weight is 355 g/mol. The lowest BCUT2D eigenvalue weighted by atomic mass is 10.1. The number of sulfonamides is 1. The Morgan fingerprint density at radius 3 is 2.70 bits per heavy atom. The molecule has 1 aliphatic rings. The highest BCUT2D eigenvalue weighted by Gasteiger charge is 2.39. The van der Waals surface area contributed by atoms with Crippen LogP contribution in [0.15, 0.2) is 0 Å². The van der Waals surface area contributed by atoms with E-state index in [0.717, 1.165) is 0 Å². The minimum absolute atomic E-state index is 0.00132. The summed E-state index contributed by atoms with van der Waals surface area (Å²) < 4.78 is 71.2. The predicted molar refractivity (Wildman–Crippen MR) is 77.2 cm³/mol. The summed E-state index contributed by atoms with van der Waals surface area (Å²) in [5.74, 6) is -0.0507. The molecule has 0 amide bonds. The van der Waals surface area contributed by atoms with E-state index in [4.69, 9.17) is 4.74 Å². The van der Waals surface area contributed by atoms with Crippen LogP contribution in [-0.2, 0) is 40.5 Å².